The maximum absolute atomic E-state index is 13.3. The van der Waals surface area contributed by atoms with Gasteiger partial charge in [-0.25, -0.2) is 0 Å². The van der Waals surface area contributed by atoms with E-state index in [-0.39, 0.29) is 17.5 Å². The molecule has 0 atom stereocenters. The van der Waals surface area contributed by atoms with Gasteiger partial charge in [-0.15, -0.1) is 10.2 Å². The van der Waals surface area contributed by atoms with E-state index in [1.54, 1.807) is 55.9 Å². The van der Waals surface area contributed by atoms with Gasteiger partial charge in [0.2, 0.25) is 0 Å². The number of nitrogens with zero attached hydrogens (tertiary/aromatic N) is 5. The SMILES string of the molecule is CCOc1cncc(-c2ccc(C(=O)N3CCN(c4ccc(C(=O)Nc5ccc(OC)cc5)nn4)CC3)cc2C)c1. The first kappa shape index (κ1) is 27.6. The minimum Gasteiger partial charge on any atom is -0.497 e. The highest BCUT2D eigenvalue weighted by Gasteiger charge is 2.24. The van der Waals surface area contributed by atoms with Crippen LogP contribution < -0.4 is 19.7 Å². The van der Waals surface area contributed by atoms with Crippen LogP contribution in [0.1, 0.15) is 33.3 Å². The number of nitrogens with one attached hydrogen (secondary N) is 1. The molecule has 1 N–H and O–H groups in total. The number of ether oxygens (including phenoxy) is 2. The van der Waals surface area contributed by atoms with Crippen molar-refractivity contribution >= 4 is 23.3 Å². The van der Waals surface area contributed by atoms with Crippen molar-refractivity contribution in [2.75, 3.05) is 50.1 Å². The van der Waals surface area contributed by atoms with Crippen molar-refractivity contribution in [3.63, 3.8) is 0 Å². The van der Waals surface area contributed by atoms with E-state index in [9.17, 15) is 9.59 Å². The van der Waals surface area contributed by atoms with Gasteiger partial charge >= 0.3 is 0 Å². The van der Waals surface area contributed by atoms with Crippen LogP contribution >= 0.6 is 0 Å². The van der Waals surface area contributed by atoms with Crippen molar-refractivity contribution in [3.8, 4) is 22.6 Å². The second kappa shape index (κ2) is 12.5. The number of pyridine rings is 1. The lowest BCUT2D eigenvalue weighted by Crippen LogP contribution is -2.49. The molecule has 41 heavy (non-hydrogen) atoms. The third kappa shape index (κ3) is 6.43. The van der Waals surface area contributed by atoms with E-state index in [2.05, 4.69) is 25.4 Å². The fourth-order valence-electron chi connectivity index (χ4n) is 4.74. The predicted molar refractivity (Wildman–Crippen MR) is 157 cm³/mol. The van der Waals surface area contributed by atoms with Crippen LogP contribution in [0.3, 0.4) is 0 Å². The maximum atomic E-state index is 13.3. The monoisotopic (exact) mass is 552 g/mol. The summed E-state index contributed by atoms with van der Waals surface area (Å²) >= 11 is 0. The summed E-state index contributed by atoms with van der Waals surface area (Å²) in [5.41, 5.74) is 4.47. The largest absolute Gasteiger partial charge is 0.497 e. The summed E-state index contributed by atoms with van der Waals surface area (Å²) in [4.78, 5) is 34.0. The molecule has 2 amide bonds. The Labute approximate surface area is 238 Å². The summed E-state index contributed by atoms with van der Waals surface area (Å²) in [6, 6.07) is 18.2. The van der Waals surface area contributed by atoms with Crippen LogP contribution in [0.15, 0.2) is 73.1 Å². The number of carbonyl (C=O) groups excluding carboxylic acids is 2. The van der Waals surface area contributed by atoms with Crippen LogP contribution in [0.2, 0.25) is 0 Å². The van der Waals surface area contributed by atoms with Gasteiger partial charge < -0.3 is 24.6 Å². The van der Waals surface area contributed by atoms with E-state index in [4.69, 9.17) is 9.47 Å². The highest BCUT2D eigenvalue weighted by atomic mass is 16.5. The molecule has 1 aliphatic heterocycles. The molecule has 10 heteroatoms. The van der Waals surface area contributed by atoms with Gasteiger partial charge in [0.15, 0.2) is 11.5 Å². The summed E-state index contributed by atoms with van der Waals surface area (Å²) in [7, 11) is 1.59. The Morgan fingerprint density at radius 2 is 1.68 bits per heavy atom. The summed E-state index contributed by atoms with van der Waals surface area (Å²) < 4.78 is 10.7. The fourth-order valence-corrected chi connectivity index (χ4v) is 4.74. The average molecular weight is 553 g/mol. The number of benzene rings is 2. The molecule has 0 radical (unpaired) electrons. The number of carbonyl (C=O) groups is 2. The van der Waals surface area contributed by atoms with Crippen molar-refractivity contribution in [2.24, 2.45) is 0 Å². The number of amides is 2. The number of aryl methyl sites for hydroxylation is 1. The third-order valence-electron chi connectivity index (χ3n) is 6.93. The normalized spacial score (nSPS) is 13.0. The molecule has 4 aromatic rings. The molecule has 3 heterocycles. The molecule has 0 aliphatic carbocycles. The molecule has 210 valence electrons. The van der Waals surface area contributed by atoms with Crippen LogP contribution in [0.25, 0.3) is 11.1 Å². The highest BCUT2D eigenvalue weighted by Crippen LogP contribution is 2.27. The molecule has 0 unspecified atom stereocenters. The lowest BCUT2D eigenvalue weighted by atomic mass is 9.99. The van der Waals surface area contributed by atoms with Crippen molar-refractivity contribution in [2.45, 2.75) is 13.8 Å². The minimum atomic E-state index is -0.343. The first-order valence-corrected chi connectivity index (χ1v) is 13.5. The minimum absolute atomic E-state index is 0.00266. The van der Waals surface area contributed by atoms with E-state index < -0.39 is 0 Å². The first-order valence-electron chi connectivity index (χ1n) is 13.5. The van der Waals surface area contributed by atoms with Crippen LogP contribution in [0, 0.1) is 6.92 Å². The first-order chi connectivity index (χ1) is 19.9. The van der Waals surface area contributed by atoms with Crippen LogP contribution in [-0.2, 0) is 0 Å². The lowest BCUT2D eigenvalue weighted by Gasteiger charge is -2.35. The Hall–Kier alpha value is -4.99. The molecule has 2 aromatic heterocycles. The molecule has 5 rings (SSSR count). The molecule has 0 spiro atoms. The molecule has 0 saturated carbocycles. The molecule has 1 aliphatic rings. The summed E-state index contributed by atoms with van der Waals surface area (Å²) in [5, 5.41) is 11.2. The Bertz CT molecular complexity index is 1520. The van der Waals surface area contributed by atoms with Gasteiger partial charge in [-0.3, -0.25) is 14.6 Å². The second-order valence-electron chi connectivity index (χ2n) is 9.61. The zero-order valence-electron chi connectivity index (χ0n) is 23.3. The number of rotatable bonds is 8. The number of hydrogen-bond acceptors (Lipinski definition) is 8. The molecular formula is C31H32N6O4. The second-order valence-corrected chi connectivity index (χ2v) is 9.61. The fraction of sp³-hybridized carbons (Fsp3) is 0.258. The van der Waals surface area contributed by atoms with Crippen LogP contribution in [0.4, 0.5) is 11.5 Å². The molecular weight excluding hydrogens is 520 g/mol. The van der Waals surface area contributed by atoms with Gasteiger partial charge in [-0.1, -0.05) is 6.07 Å². The van der Waals surface area contributed by atoms with Gasteiger partial charge in [0, 0.05) is 49.2 Å². The zero-order valence-corrected chi connectivity index (χ0v) is 23.3. The number of methoxy groups -OCH3 is 1. The Kier molecular flexibility index (Phi) is 8.38. The zero-order chi connectivity index (χ0) is 28.8. The average Bonchev–Trinajstić information content (AvgIpc) is 3.01. The molecule has 1 fully saturated rings. The van der Waals surface area contributed by atoms with Gasteiger partial charge in [-0.2, -0.15) is 0 Å². The molecule has 10 nitrogen and oxygen atoms in total. The van der Waals surface area contributed by atoms with Gasteiger partial charge in [0.1, 0.15) is 11.5 Å². The summed E-state index contributed by atoms with van der Waals surface area (Å²) in [6.45, 7) is 6.86. The molecule has 0 bridgehead atoms. The lowest BCUT2D eigenvalue weighted by molar-refractivity contribution is 0.0746. The van der Waals surface area contributed by atoms with Crippen LogP contribution in [-0.4, -0.2) is 71.8 Å². The van der Waals surface area contributed by atoms with E-state index >= 15 is 0 Å². The van der Waals surface area contributed by atoms with E-state index in [0.717, 1.165) is 22.4 Å². The molecule has 2 aromatic carbocycles. The van der Waals surface area contributed by atoms with Gasteiger partial charge in [-0.05, 0) is 79.6 Å². The summed E-state index contributed by atoms with van der Waals surface area (Å²) in [6.07, 6.45) is 3.49. The summed E-state index contributed by atoms with van der Waals surface area (Å²) in [5.74, 6) is 1.75. The number of anilines is 2. The molecule has 1 saturated heterocycles. The van der Waals surface area contributed by atoms with Crippen molar-refractivity contribution in [3.05, 3.63) is 89.9 Å². The quantitative estimate of drug-likeness (QED) is 0.341. The Balaban J connectivity index is 1.17. The number of piperazine rings is 1. The van der Waals surface area contributed by atoms with E-state index in [1.807, 2.05) is 43.0 Å². The van der Waals surface area contributed by atoms with Gasteiger partial charge in [0.05, 0.1) is 19.9 Å². The smallest absolute Gasteiger partial charge is 0.276 e. The van der Waals surface area contributed by atoms with Crippen molar-refractivity contribution in [1.29, 1.82) is 0 Å². The Morgan fingerprint density at radius 1 is 0.902 bits per heavy atom. The predicted octanol–water partition coefficient (Wildman–Crippen LogP) is 4.47. The Morgan fingerprint density at radius 3 is 2.34 bits per heavy atom. The number of hydrogen-bond donors (Lipinski definition) is 1. The van der Waals surface area contributed by atoms with Gasteiger partial charge in [0.25, 0.3) is 11.8 Å². The third-order valence-corrected chi connectivity index (χ3v) is 6.93. The van der Waals surface area contributed by atoms with Crippen molar-refractivity contribution < 1.29 is 19.1 Å². The van der Waals surface area contributed by atoms with E-state index in [0.29, 0.717) is 55.6 Å². The maximum Gasteiger partial charge on any atom is 0.276 e. The van der Waals surface area contributed by atoms with Crippen LogP contribution in [0.5, 0.6) is 11.5 Å². The highest BCUT2D eigenvalue weighted by molar-refractivity contribution is 6.02. The standard InChI is InChI=1S/C31H32N6O4/c1-4-41-26-18-23(19-32-20-26)27-10-5-22(17-21(27)2)31(39)37-15-13-36(14-16-37)29-12-11-28(34-35-29)30(38)33-24-6-8-25(40-3)9-7-24/h5-12,17-20H,4,13-16H2,1-3H3,(H,33,38). The number of aromatic nitrogens is 3. The topological polar surface area (TPSA) is 110 Å². The van der Waals surface area contributed by atoms with E-state index in [1.165, 1.54) is 0 Å². The van der Waals surface area contributed by atoms with Crippen molar-refractivity contribution in [1.82, 2.24) is 20.1 Å².